The van der Waals surface area contributed by atoms with Crippen LogP contribution in [0.3, 0.4) is 0 Å². The van der Waals surface area contributed by atoms with Crippen molar-refractivity contribution in [3.05, 3.63) is 70.4 Å². The van der Waals surface area contributed by atoms with E-state index in [1.165, 1.54) is 0 Å². The van der Waals surface area contributed by atoms with Crippen molar-refractivity contribution >= 4 is 23.5 Å². The third-order valence-corrected chi connectivity index (χ3v) is 6.79. The maximum absolute atomic E-state index is 13.2. The first-order valence-corrected chi connectivity index (χ1v) is 12.1. The van der Waals surface area contributed by atoms with Gasteiger partial charge >= 0.3 is 0 Å². The van der Waals surface area contributed by atoms with Gasteiger partial charge in [-0.15, -0.1) is 0 Å². The van der Waals surface area contributed by atoms with Crippen LogP contribution in [0, 0.1) is 0 Å². The number of hydrogen-bond acceptors (Lipinski definition) is 7. The maximum Gasteiger partial charge on any atom is 0.255 e. The van der Waals surface area contributed by atoms with Crippen LogP contribution >= 0.6 is 11.6 Å². The van der Waals surface area contributed by atoms with Gasteiger partial charge in [0.2, 0.25) is 11.8 Å². The summed E-state index contributed by atoms with van der Waals surface area (Å²) in [5, 5.41) is 0.444. The smallest absolute Gasteiger partial charge is 0.255 e. The zero-order valence-corrected chi connectivity index (χ0v) is 20.7. The van der Waals surface area contributed by atoms with Crippen molar-refractivity contribution in [1.82, 2.24) is 19.8 Å². The Labute approximate surface area is 210 Å². The topological polar surface area (TPSA) is 71.0 Å². The molecule has 0 atom stereocenters. The van der Waals surface area contributed by atoms with Gasteiger partial charge in [0.15, 0.2) is 0 Å². The van der Waals surface area contributed by atoms with Gasteiger partial charge < -0.3 is 24.2 Å². The van der Waals surface area contributed by atoms with Crippen molar-refractivity contribution in [2.75, 3.05) is 51.8 Å². The highest BCUT2D eigenvalue weighted by Crippen LogP contribution is 2.33. The fraction of sp³-hybridized carbons (Fsp3) is 0.346. The third-order valence-electron chi connectivity index (χ3n) is 6.46. The molecule has 2 aromatic carbocycles. The lowest BCUT2D eigenvalue weighted by molar-refractivity contribution is 0.0732. The number of rotatable bonds is 5. The standard InChI is InChI=1S/C26H28ClN5O3/c1-30-13-15-31(16-14-30)26-28-23-11-12-32(25(33)20-5-3-4-6-22(20)27)17-21(23)24(29-26)35-19-9-7-18(34-2)8-10-19/h3-10H,11-17H2,1-2H3. The highest BCUT2D eigenvalue weighted by atomic mass is 35.5. The van der Waals surface area contributed by atoms with E-state index < -0.39 is 0 Å². The van der Waals surface area contributed by atoms with Gasteiger partial charge in [0.25, 0.3) is 5.91 Å². The van der Waals surface area contributed by atoms with E-state index in [2.05, 4.69) is 16.8 Å². The number of halogens is 1. The predicted molar refractivity (Wildman–Crippen MR) is 135 cm³/mol. The molecule has 3 aromatic rings. The van der Waals surface area contributed by atoms with Gasteiger partial charge in [-0.1, -0.05) is 23.7 Å². The summed E-state index contributed by atoms with van der Waals surface area (Å²) < 4.78 is 11.5. The number of amides is 1. The molecule has 5 rings (SSSR count). The van der Waals surface area contributed by atoms with E-state index in [0.717, 1.165) is 43.2 Å². The van der Waals surface area contributed by atoms with E-state index in [9.17, 15) is 4.79 Å². The minimum atomic E-state index is -0.111. The Kier molecular flexibility index (Phi) is 6.74. The monoisotopic (exact) mass is 493 g/mol. The number of piperazine rings is 1. The molecule has 1 saturated heterocycles. The molecular weight excluding hydrogens is 466 g/mol. The lowest BCUT2D eigenvalue weighted by atomic mass is 10.0. The second-order valence-corrected chi connectivity index (χ2v) is 9.19. The van der Waals surface area contributed by atoms with Gasteiger partial charge in [-0.25, -0.2) is 4.98 Å². The van der Waals surface area contributed by atoms with E-state index in [0.29, 0.717) is 47.7 Å². The summed E-state index contributed by atoms with van der Waals surface area (Å²) in [6.07, 6.45) is 0.619. The molecule has 35 heavy (non-hydrogen) atoms. The number of carbonyl (C=O) groups is 1. The van der Waals surface area contributed by atoms with Crippen molar-refractivity contribution in [2.45, 2.75) is 13.0 Å². The van der Waals surface area contributed by atoms with Crippen LogP contribution in [0.4, 0.5) is 5.95 Å². The zero-order valence-electron chi connectivity index (χ0n) is 19.9. The van der Waals surface area contributed by atoms with Gasteiger partial charge in [0, 0.05) is 39.1 Å². The van der Waals surface area contributed by atoms with E-state index in [-0.39, 0.29) is 5.91 Å². The molecule has 0 spiro atoms. The largest absolute Gasteiger partial charge is 0.497 e. The molecule has 8 nitrogen and oxygen atoms in total. The quantitative estimate of drug-likeness (QED) is 0.534. The van der Waals surface area contributed by atoms with Gasteiger partial charge in [0.05, 0.1) is 35.5 Å². The molecule has 0 aliphatic carbocycles. The normalized spacial score (nSPS) is 16.1. The average Bonchev–Trinajstić information content (AvgIpc) is 2.89. The second-order valence-electron chi connectivity index (χ2n) is 8.78. The molecule has 0 unspecified atom stereocenters. The molecule has 9 heteroatoms. The number of likely N-dealkylation sites (N-methyl/N-ethyl adjacent to an activating group) is 1. The predicted octanol–water partition coefficient (Wildman–Crippen LogP) is 3.88. The van der Waals surface area contributed by atoms with Crippen LogP contribution < -0.4 is 14.4 Å². The molecular formula is C26H28ClN5O3. The second kappa shape index (κ2) is 10.1. The van der Waals surface area contributed by atoms with Gasteiger partial charge in [0.1, 0.15) is 11.5 Å². The summed E-state index contributed by atoms with van der Waals surface area (Å²) in [7, 11) is 3.75. The van der Waals surface area contributed by atoms with Crippen molar-refractivity contribution in [2.24, 2.45) is 0 Å². The summed E-state index contributed by atoms with van der Waals surface area (Å²) >= 11 is 6.30. The van der Waals surface area contributed by atoms with Crippen LogP contribution in [0.1, 0.15) is 21.6 Å². The van der Waals surface area contributed by atoms with Crippen molar-refractivity contribution < 1.29 is 14.3 Å². The first-order chi connectivity index (χ1) is 17.0. The molecule has 3 heterocycles. The number of benzene rings is 2. The van der Waals surface area contributed by atoms with E-state index in [1.54, 1.807) is 24.1 Å². The van der Waals surface area contributed by atoms with Gasteiger partial charge in [-0.3, -0.25) is 4.79 Å². The fourth-order valence-corrected chi connectivity index (χ4v) is 4.55. The SMILES string of the molecule is COc1ccc(Oc2nc(N3CCN(C)CC3)nc3c2CN(C(=O)c2ccccc2Cl)CC3)cc1. The molecule has 2 aliphatic heterocycles. The Hall–Kier alpha value is -3.36. The number of methoxy groups -OCH3 is 1. The van der Waals surface area contributed by atoms with Crippen molar-refractivity contribution in [3.63, 3.8) is 0 Å². The molecule has 0 saturated carbocycles. The highest BCUT2D eigenvalue weighted by molar-refractivity contribution is 6.33. The average molecular weight is 494 g/mol. The van der Waals surface area contributed by atoms with E-state index >= 15 is 0 Å². The zero-order chi connectivity index (χ0) is 24.4. The lowest BCUT2D eigenvalue weighted by Crippen LogP contribution is -2.45. The van der Waals surface area contributed by atoms with Gasteiger partial charge in [-0.05, 0) is 43.4 Å². The Bertz CT molecular complexity index is 1210. The van der Waals surface area contributed by atoms with Crippen LogP contribution in [-0.2, 0) is 13.0 Å². The number of nitrogens with zero attached hydrogens (tertiary/aromatic N) is 5. The minimum Gasteiger partial charge on any atom is -0.497 e. The summed E-state index contributed by atoms with van der Waals surface area (Å²) in [6, 6.07) is 14.5. The number of ether oxygens (including phenoxy) is 2. The summed E-state index contributed by atoms with van der Waals surface area (Å²) in [4.78, 5) is 29.3. The summed E-state index contributed by atoms with van der Waals surface area (Å²) in [5.41, 5.74) is 2.23. The molecule has 0 bridgehead atoms. The summed E-state index contributed by atoms with van der Waals surface area (Å²) in [6.45, 7) is 4.53. The van der Waals surface area contributed by atoms with Crippen LogP contribution in [0.5, 0.6) is 17.4 Å². The van der Waals surface area contributed by atoms with Crippen LogP contribution in [-0.4, -0.2) is 72.6 Å². The van der Waals surface area contributed by atoms with Crippen molar-refractivity contribution in [1.29, 1.82) is 0 Å². The van der Waals surface area contributed by atoms with Crippen LogP contribution in [0.15, 0.2) is 48.5 Å². The molecule has 182 valence electrons. The van der Waals surface area contributed by atoms with Crippen molar-refractivity contribution in [3.8, 4) is 17.4 Å². The Balaban J connectivity index is 1.47. The Morgan fingerprint density at radius 1 is 0.943 bits per heavy atom. The molecule has 1 aromatic heterocycles. The third kappa shape index (κ3) is 5.04. The molecule has 1 amide bonds. The number of carbonyl (C=O) groups excluding carboxylic acids is 1. The number of hydrogen-bond donors (Lipinski definition) is 0. The number of fused-ring (bicyclic) bond motifs is 1. The highest BCUT2D eigenvalue weighted by Gasteiger charge is 2.29. The number of aromatic nitrogens is 2. The van der Waals surface area contributed by atoms with E-state index in [1.807, 2.05) is 36.4 Å². The number of anilines is 1. The van der Waals surface area contributed by atoms with Gasteiger partial charge in [-0.2, -0.15) is 4.98 Å². The lowest BCUT2D eigenvalue weighted by Gasteiger charge is -2.34. The fourth-order valence-electron chi connectivity index (χ4n) is 4.34. The summed E-state index contributed by atoms with van der Waals surface area (Å²) in [5.74, 6) is 2.43. The molecule has 2 aliphatic rings. The molecule has 0 radical (unpaired) electrons. The minimum absolute atomic E-state index is 0.111. The molecule has 0 N–H and O–H groups in total. The maximum atomic E-state index is 13.2. The van der Waals surface area contributed by atoms with E-state index in [4.69, 9.17) is 31.0 Å². The first kappa shape index (κ1) is 23.4. The first-order valence-electron chi connectivity index (χ1n) is 11.7. The Morgan fingerprint density at radius 3 is 2.37 bits per heavy atom. The molecule has 1 fully saturated rings. The van der Waals surface area contributed by atoms with Crippen LogP contribution in [0.2, 0.25) is 5.02 Å². The van der Waals surface area contributed by atoms with Crippen LogP contribution in [0.25, 0.3) is 0 Å². The Morgan fingerprint density at radius 2 is 1.66 bits per heavy atom.